The molecule has 0 bridgehead atoms. The highest BCUT2D eigenvalue weighted by Crippen LogP contribution is 2.25. The first kappa shape index (κ1) is 18.9. The van der Waals surface area contributed by atoms with Crippen LogP contribution in [0.1, 0.15) is 42.5 Å². The zero-order chi connectivity index (χ0) is 18.7. The number of hydrogen-bond donors (Lipinski definition) is 2. The summed E-state index contributed by atoms with van der Waals surface area (Å²) in [6.45, 7) is 2.01. The van der Waals surface area contributed by atoms with E-state index in [0.717, 1.165) is 50.9 Å². The number of likely N-dealkylation sites (N-methyl/N-ethyl adjacent to an activating group) is 2. The van der Waals surface area contributed by atoms with E-state index in [0.29, 0.717) is 5.56 Å². The lowest BCUT2D eigenvalue weighted by atomic mass is 10.0. The van der Waals surface area contributed by atoms with E-state index in [9.17, 15) is 9.59 Å². The molecule has 1 aliphatic carbocycles. The molecule has 3 rings (SSSR count). The van der Waals surface area contributed by atoms with Crippen molar-refractivity contribution in [2.75, 3.05) is 32.5 Å². The molecule has 1 aromatic rings. The van der Waals surface area contributed by atoms with Gasteiger partial charge in [-0.25, -0.2) is 0 Å². The fourth-order valence-electron chi connectivity index (χ4n) is 4.02. The Morgan fingerprint density at radius 1 is 1.19 bits per heavy atom. The Morgan fingerprint density at radius 3 is 2.54 bits per heavy atom. The van der Waals surface area contributed by atoms with E-state index in [2.05, 4.69) is 17.3 Å². The molecule has 6 heteroatoms. The van der Waals surface area contributed by atoms with Crippen molar-refractivity contribution in [3.8, 4) is 0 Å². The van der Waals surface area contributed by atoms with Crippen molar-refractivity contribution in [3.05, 3.63) is 29.8 Å². The summed E-state index contributed by atoms with van der Waals surface area (Å²) in [7, 11) is 3.98. The quantitative estimate of drug-likeness (QED) is 0.862. The predicted molar refractivity (Wildman–Crippen MR) is 103 cm³/mol. The Bertz CT molecular complexity index is 646. The monoisotopic (exact) mass is 358 g/mol. The molecule has 1 aromatic carbocycles. The van der Waals surface area contributed by atoms with Gasteiger partial charge in [0, 0.05) is 42.8 Å². The number of carbonyl (C=O) groups is 2. The predicted octanol–water partition coefficient (Wildman–Crippen LogP) is 1.92. The maximum absolute atomic E-state index is 12.7. The highest BCUT2D eigenvalue weighted by molar-refractivity contribution is 5.96. The Morgan fingerprint density at radius 2 is 1.92 bits per heavy atom. The van der Waals surface area contributed by atoms with Crippen LogP contribution in [0.15, 0.2) is 24.3 Å². The highest BCUT2D eigenvalue weighted by Gasteiger charge is 2.28. The summed E-state index contributed by atoms with van der Waals surface area (Å²) >= 11 is 0. The summed E-state index contributed by atoms with van der Waals surface area (Å²) in [5.41, 5.74) is 7.27. The maximum atomic E-state index is 12.7. The summed E-state index contributed by atoms with van der Waals surface area (Å²) < 4.78 is 0. The number of benzene rings is 1. The molecule has 3 atom stereocenters. The molecule has 26 heavy (non-hydrogen) atoms. The van der Waals surface area contributed by atoms with Gasteiger partial charge in [-0.3, -0.25) is 9.59 Å². The molecule has 1 saturated heterocycles. The van der Waals surface area contributed by atoms with Gasteiger partial charge in [-0.1, -0.05) is 0 Å². The van der Waals surface area contributed by atoms with E-state index in [1.165, 1.54) is 0 Å². The largest absolute Gasteiger partial charge is 0.337 e. The van der Waals surface area contributed by atoms with Gasteiger partial charge in [-0.05, 0) is 70.0 Å². The molecule has 2 aliphatic rings. The number of likely N-dealkylation sites (tertiary alicyclic amines) is 1. The third-order valence-electron chi connectivity index (χ3n) is 5.71. The SMILES string of the molecule is CN1CCCC(N(C)C(=O)c2ccc(NC(=O)C3CCC(N)C3)cc2)C1. The molecular formula is C20H30N4O2. The Hall–Kier alpha value is -1.92. The molecule has 2 amide bonds. The average Bonchev–Trinajstić information content (AvgIpc) is 3.08. The Kier molecular flexibility index (Phi) is 5.94. The minimum atomic E-state index is 0.000679. The molecule has 1 aliphatic heterocycles. The van der Waals surface area contributed by atoms with Gasteiger partial charge in [0.15, 0.2) is 0 Å². The maximum Gasteiger partial charge on any atom is 0.253 e. The second kappa shape index (κ2) is 8.18. The first-order valence-electron chi connectivity index (χ1n) is 9.56. The van der Waals surface area contributed by atoms with Crippen molar-refractivity contribution in [1.82, 2.24) is 9.80 Å². The van der Waals surface area contributed by atoms with Crippen LogP contribution < -0.4 is 11.1 Å². The molecule has 3 N–H and O–H groups in total. The lowest BCUT2D eigenvalue weighted by Gasteiger charge is -2.35. The number of anilines is 1. The van der Waals surface area contributed by atoms with Crippen LogP contribution in [-0.4, -0.2) is 60.9 Å². The van der Waals surface area contributed by atoms with Gasteiger partial charge in [0.2, 0.25) is 5.91 Å². The molecule has 3 unspecified atom stereocenters. The molecule has 0 spiro atoms. The molecule has 6 nitrogen and oxygen atoms in total. The van der Waals surface area contributed by atoms with Gasteiger partial charge in [0.1, 0.15) is 0 Å². The van der Waals surface area contributed by atoms with Crippen LogP contribution in [0.25, 0.3) is 0 Å². The first-order chi connectivity index (χ1) is 12.4. The van der Waals surface area contributed by atoms with Crippen LogP contribution in [-0.2, 0) is 4.79 Å². The van der Waals surface area contributed by atoms with Crippen molar-refractivity contribution < 1.29 is 9.59 Å². The minimum Gasteiger partial charge on any atom is -0.337 e. The Balaban J connectivity index is 1.58. The number of nitrogens with zero attached hydrogens (tertiary/aromatic N) is 2. The van der Waals surface area contributed by atoms with Crippen LogP contribution in [0, 0.1) is 5.92 Å². The van der Waals surface area contributed by atoms with Crippen molar-refractivity contribution in [2.24, 2.45) is 11.7 Å². The van der Waals surface area contributed by atoms with Crippen LogP contribution >= 0.6 is 0 Å². The fourth-order valence-corrected chi connectivity index (χ4v) is 4.02. The third-order valence-corrected chi connectivity index (χ3v) is 5.71. The lowest BCUT2D eigenvalue weighted by Crippen LogP contribution is -2.47. The number of nitrogens with two attached hydrogens (primary N) is 1. The molecule has 1 saturated carbocycles. The van der Waals surface area contributed by atoms with Crippen LogP contribution in [0.4, 0.5) is 5.69 Å². The van der Waals surface area contributed by atoms with Crippen molar-refractivity contribution in [1.29, 1.82) is 0 Å². The van der Waals surface area contributed by atoms with Crippen LogP contribution in [0.3, 0.4) is 0 Å². The van der Waals surface area contributed by atoms with E-state index in [-0.39, 0.29) is 29.8 Å². The van der Waals surface area contributed by atoms with Gasteiger partial charge in [-0.15, -0.1) is 0 Å². The van der Waals surface area contributed by atoms with E-state index >= 15 is 0 Å². The van der Waals surface area contributed by atoms with E-state index < -0.39 is 0 Å². The number of hydrogen-bond acceptors (Lipinski definition) is 4. The minimum absolute atomic E-state index is 0.000679. The fraction of sp³-hybridized carbons (Fsp3) is 0.600. The lowest BCUT2D eigenvalue weighted by molar-refractivity contribution is -0.119. The number of piperidine rings is 1. The van der Waals surface area contributed by atoms with E-state index in [1.807, 2.05) is 11.9 Å². The van der Waals surface area contributed by atoms with Gasteiger partial charge in [0.05, 0.1) is 0 Å². The van der Waals surface area contributed by atoms with Crippen molar-refractivity contribution >= 4 is 17.5 Å². The van der Waals surface area contributed by atoms with Crippen molar-refractivity contribution in [3.63, 3.8) is 0 Å². The number of rotatable bonds is 4. The summed E-state index contributed by atoms with van der Waals surface area (Å²) in [6, 6.07) is 7.59. The summed E-state index contributed by atoms with van der Waals surface area (Å²) in [4.78, 5) is 29.1. The summed E-state index contributed by atoms with van der Waals surface area (Å²) in [5.74, 6) is 0.0602. The zero-order valence-electron chi connectivity index (χ0n) is 15.8. The highest BCUT2D eigenvalue weighted by atomic mass is 16.2. The zero-order valence-corrected chi connectivity index (χ0v) is 15.8. The molecular weight excluding hydrogens is 328 g/mol. The number of nitrogens with one attached hydrogen (secondary N) is 1. The first-order valence-corrected chi connectivity index (χ1v) is 9.56. The van der Waals surface area contributed by atoms with Gasteiger partial charge < -0.3 is 20.9 Å². The van der Waals surface area contributed by atoms with E-state index in [4.69, 9.17) is 5.73 Å². The number of carbonyl (C=O) groups excluding carboxylic acids is 2. The second-order valence-corrected chi connectivity index (χ2v) is 7.81. The third kappa shape index (κ3) is 4.43. The van der Waals surface area contributed by atoms with Crippen molar-refractivity contribution in [2.45, 2.75) is 44.2 Å². The normalized spacial score (nSPS) is 26.5. The molecule has 2 fully saturated rings. The van der Waals surface area contributed by atoms with Gasteiger partial charge in [-0.2, -0.15) is 0 Å². The molecule has 0 aromatic heterocycles. The van der Waals surface area contributed by atoms with Crippen LogP contribution in [0.2, 0.25) is 0 Å². The van der Waals surface area contributed by atoms with E-state index in [1.54, 1.807) is 24.3 Å². The second-order valence-electron chi connectivity index (χ2n) is 7.81. The number of amides is 2. The topological polar surface area (TPSA) is 78.7 Å². The Labute approximate surface area is 155 Å². The molecule has 0 radical (unpaired) electrons. The molecule has 142 valence electrons. The van der Waals surface area contributed by atoms with Gasteiger partial charge in [0.25, 0.3) is 5.91 Å². The van der Waals surface area contributed by atoms with Crippen LogP contribution in [0.5, 0.6) is 0 Å². The molecule has 1 heterocycles. The standard InChI is InChI=1S/C20H30N4O2/c1-23-11-3-4-18(13-23)24(2)20(26)14-6-9-17(10-7-14)22-19(25)15-5-8-16(21)12-15/h6-7,9-10,15-16,18H,3-5,8,11-13,21H2,1-2H3,(H,22,25). The smallest absolute Gasteiger partial charge is 0.253 e. The summed E-state index contributed by atoms with van der Waals surface area (Å²) in [6.07, 6.45) is 4.68. The average molecular weight is 358 g/mol. The van der Waals surface area contributed by atoms with Gasteiger partial charge >= 0.3 is 0 Å². The summed E-state index contributed by atoms with van der Waals surface area (Å²) in [5, 5.41) is 2.94.